The van der Waals surface area contributed by atoms with Gasteiger partial charge in [-0.1, -0.05) is 0 Å². The Labute approximate surface area is 70.0 Å². The third kappa shape index (κ3) is 1.46. The number of hydrogen-bond acceptors (Lipinski definition) is 5. The highest BCUT2D eigenvalue weighted by molar-refractivity contribution is 4.85. The van der Waals surface area contributed by atoms with Gasteiger partial charge in [0.15, 0.2) is 0 Å². The van der Waals surface area contributed by atoms with Gasteiger partial charge in [-0.05, 0) is 0 Å². The zero-order chi connectivity index (χ0) is 8.55. The highest BCUT2D eigenvalue weighted by Gasteiger charge is 2.25. The number of aliphatic hydroxyl groups is 1. The minimum atomic E-state index is -0.172. The summed E-state index contributed by atoms with van der Waals surface area (Å²) in [5, 5.41) is 16.6. The lowest BCUT2D eigenvalue weighted by Crippen LogP contribution is -2.49. The first-order valence-electron chi connectivity index (χ1n) is 3.93. The Hall–Kier alpha value is -0.940. The van der Waals surface area contributed by atoms with E-state index in [2.05, 4.69) is 15.1 Å². The monoisotopic (exact) mass is 169 g/mol. The van der Waals surface area contributed by atoms with Crippen LogP contribution < -0.4 is 0 Å². The molecule has 5 nitrogen and oxygen atoms in total. The van der Waals surface area contributed by atoms with Crippen LogP contribution in [0.2, 0.25) is 0 Å². The number of likely N-dealkylation sites (tertiary alicyclic amines) is 1. The third-order valence-corrected chi connectivity index (χ3v) is 1.86. The molecule has 0 atom stereocenters. The SMILES string of the molecule is Cc1nnc(CN2CC(O)C2)o1. The number of aliphatic hydroxyl groups excluding tert-OH is 1. The maximum Gasteiger partial charge on any atom is 0.230 e. The van der Waals surface area contributed by atoms with Crippen molar-refractivity contribution in [3.63, 3.8) is 0 Å². The van der Waals surface area contributed by atoms with E-state index in [9.17, 15) is 0 Å². The Morgan fingerprint density at radius 3 is 2.83 bits per heavy atom. The average Bonchev–Trinajstić information content (AvgIpc) is 2.33. The van der Waals surface area contributed by atoms with E-state index in [-0.39, 0.29) is 6.10 Å². The number of aryl methyl sites for hydroxylation is 1. The topological polar surface area (TPSA) is 62.4 Å². The molecular weight excluding hydrogens is 158 g/mol. The fourth-order valence-electron chi connectivity index (χ4n) is 1.26. The summed E-state index contributed by atoms with van der Waals surface area (Å²) >= 11 is 0. The molecule has 0 amide bonds. The van der Waals surface area contributed by atoms with E-state index in [4.69, 9.17) is 9.52 Å². The van der Waals surface area contributed by atoms with Gasteiger partial charge in [-0.15, -0.1) is 10.2 Å². The van der Waals surface area contributed by atoms with Crippen LogP contribution >= 0.6 is 0 Å². The molecule has 2 heterocycles. The molecular formula is C7H11N3O2. The smallest absolute Gasteiger partial charge is 0.230 e. The Bertz CT molecular complexity index is 267. The molecule has 1 aliphatic heterocycles. The summed E-state index contributed by atoms with van der Waals surface area (Å²) in [5.74, 6) is 1.21. The van der Waals surface area contributed by atoms with E-state index in [0.717, 1.165) is 0 Å². The molecule has 1 N–H and O–H groups in total. The highest BCUT2D eigenvalue weighted by Crippen LogP contribution is 2.11. The van der Waals surface area contributed by atoms with Crippen molar-refractivity contribution in [1.29, 1.82) is 0 Å². The van der Waals surface area contributed by atoms with Gasteiger partial charge in [-0.25, -0.2) is 0 Å². The van der Waals surface area contributed by atoms with Crippen LogP contribution in [0.3, 0.4) is 0 Å². The largest absolute Gasteiger partial charge is 0.424 e. The van der Waals surface area contributed by atoms with Gasteiger partial charge in [0.1, 0.15) is 0 Å². The standard InChI is InChI=1S/C7H11N3O2/c1-5-8-9-7(12-5)4-10-2-6(11)3-10/h6,11H,2-4H2,1H3. The Kier molecular flexibility index (Phi) is 1.82. The van der Waals surface area contributed by atoms with E-state index >= 15 is 0 Å². The van der Waals surface area contributed by atoms with Crippen molar-refractivity contribution < 1.29 is 9.52 Å². The molecule has 0 radical (unpaired) electrons. The van der Waals surface area contributed by atoms with E-state index < -0.39 is 0 Å². The van der Waals surface area contributed by atoms with E-state index in [0.29, 0.717) is 31.4 Å². The number of aromatic nitrogens is 2. The van der Waals surface area contributed by atoms with Crippen molar-refractivity contribution in [3.8, 4) is 0 Å². The fraction of sp³-hybridized carbons (Fsp3) is 0.714. The second-order valence-corrected chi connectivity index (χ2v) is 3.06. The molecule has 1 saturated heterocycles. The van der Waals surface area contributed by atoms with E-state index in [1.807, 2.05) is 0 Å². The van der Waals surface area contributed by atoms with Crippen LogP contribution in [0.25, 0.3) is 0 Å². The van der Waals surface area contributed by atoms with Crippen molar-refractivity contribution in [1.82, 2.24) is 15.1 Å². The normalized spacial score (nSPS) is 19.5. The number of β-amino-alcohol motifs (C(OH)–C–C–N with tert-alkyl or cyclic N) is 1. The summed E-state index contributed by atoms with van der Waals surface area (Å²) in [6.07, 6.45) is -0.172. The molecule has 0 bridgehead atoms. The summed E-state index contributed by atoms with van der Waals surface area (Å²) < 4.78 is 5.18. The first-order chi connectivity index (χ1) is 5.74. The van der Waals surface area contributed by atoms with Gasteiger partial charge in [-0.3, -0.25) is 4.90 Å². The minimum absolute atomic E-state index is 0.172. The molecule has 0 unspecified atom stereocenters. The number of hydrogen-bond donors (Lipinski definition) is 1. The molecule has 5 heteroatoms. The lowest BCUT2D eigenvalue weighted by Gasteiger charge is -2.34. The van der Waals surface area contributed by atoms with Gasteiger partial charge in [-0.2, -0.15) is 0 Å². The highest BCUT2D eigenvalue weighted by atomic mass is 16.4. The van der Waals surface area contributed by atoms with Crippen molar-refractivity contribution >= 4 is 0 Å². The maximum absolute atomic E-state index is 8.99. The molecule has 1 aromatic rings. The first kappa shape index (κ1) is 7.70. The van der Waals surface area contributed by atoms with Gasteiger partial charge in [0.2, 0.25) is 11.8 Å². The summed E-state index contributed by atoms with van der Waals surface area (Å²) in [5.41, 5.74) is 0. The second-order valence-electron chi connectivity index (χ2n) is 3.06. The molecule has 2 rings (SSSR count). The summed E-state index contributed by atoms with van der Waals surface area (Å²) in [4.78, 5) is 2.05. The second kappa shape index (κ2) is 2.84. The van der Waals surface area contributed by atoms with Crippen molar-refractivity contribution in [2.75, 3.05) is 13.1 Å². The zero-order valence-electron chi connectivity index (χ0n) is 6.90. The average molecular weight is 169 g/mol. The van der Waals surface area contributed by atoms with Crippen LogP contribution in [-0.2, 0) is 6.54 Å². The molecule has 0 aliphatic carbocycles. The minimum Gasteiger partial charge on any atom is -0.424 e. The summed E-state index contributed by atoms with van der Waals surface area (Å²) in [7, 11) is 0. The van der Waals surface area contributed by atoms with Crippen molar-refractivity contribution in [2.24, 2.45) is 0 Å². The van der Waals surface area contributed by atoms with Crippen molar-refractivity contribution in [2.45, 2.75) is 19.6 Å². The van der Waals surface area contributed by atoms with Gasteiger partial charge >= 0.3 is 0 Å². The predicted molar refractivity (Wildman–Crippen MR) is 40.3 cm³/mol. The van der Waals surface area contributed by atoms with Crippen molar-refractivity contribution in [3.05, 3.63) is 11.8 Å². The molecule has 0 aromatic carbocycles. The van der Waals surface area contributed by atoms with Crippen LogP contribution in [0.5, 0.6) is 0 Å². The quantitative estimate of drug-likeness (QED) is 0.650. The molecule has 1 aliphatic rings. The molecule has 0 saturated carbocycles. The number of rotatable bonds is 2. The van der Waals surface area contributed by atoms with Gasteiger partial charge in [0.25, 0.3) is 0 Å². The molecule has 1 fully saturated rings. The Morgan fingerprint density at radius 2 is 2.33 bits per heavy atom. The lowest BCUT2D eigenvalue weighted by atomic mass is 10.2. The van der Waals surface area contributed by atoms with Gasteiger partial charge in [0, 0.05) is 20.0 Å². The van der Waals surface area contributed by atoms with Crippen LogP contribution in [-0.4, -0.2) is 39.4 Å². The Morgan fingerprint density at radius 1 is 1.58 bits per heavy atom. The predicted octanol–water partition coefficient (Wildman–Crippen LogP) is -0.445. The third-order valence-electron chi connectivity index (χ3n) is 1.86. The number of nitrogens with zero attached hydrogens (tertiary/aromatic N) is 3. The van der Waals surface area contributed by atoms with E-state index in [1.54, 1.807) is 6.92 Å². The molecule has 66 valence electrons. The van der Waals surface area contributed by atoms with Gasteiger partial charge in [0.05, 0.1) is 12.6 Å². The first-order valence-corrected chi connectivity index (χ1v) is 3.93. The Balaban J connectivity index is 1.88. The van der Waals surface area contributed by atoms with E-state index in [1.165, 1.54) is 0 Å². The van der Waals surface area contributed by atoms with Crippen LogP contribution in [0.15, 0.2) is 4.42 Å². The zero-order valence-corrected chi connectivity index (χ0v) is 6.90. The van der Waals surface area contributed by atoms with Crippen LogP contribution in [0, 0.1) is 6.92 Å². The van der Waals surface area contributed by atoms with Crippen LogP contribution in [0.4, 0.5) is 0 Å². The maximum atomic E-state index is 8.99. The fourth-order valence-corrected chi connectivity index (χ4v) is 1.26. The molecule has 12 heavy (non-hydrogen) atoms. The molecule has 1 aromatic heterocycles. The summed E-state index contributed by atoms with van der Waals surface area (Å²) in [6.45, 7) is 3.84. The van der Waals surface area contributed by atoms with Gasteiger partial charge < -0.3 is 9.52 Å². The lowest BCUT2D eigenvalue weighted by molar-refractivity contribution is -0.00731. The molecule has 0 spiro atoms. The van der Waals surface area contributed by atoms with Crippen LogP contribution in [0.1, 0.15) is 11.8 Å². The summed E-state index contributed by atoms with van der Waals surface area (Å²) in [6, 6.07) is 0.